The summed E-state index contributed by atoms with van der Waals surface area (Å²) < 4.78 is 4.88. The Labute approximate surface area is 172 Å². The molecular formula is C22H32N2O5. The van der Waals surface area contributed by atoms with Crippen LogP contribution in [0.25, 0.3) is 0 Å². The van der Waals surface area contributed by atoms with Crippen LogP contribution >= 0.6 is 0 Å². The number of hydrogen-bond acceptors (Lipinski definition) is 5. The Morgan fingerprint density at radius 3 is 2.38 bits per heavy atom. The van der Waals surface area contributed by atoms with Crippen LogP contribution in [-0.2, 0) is 20.9 Å². The minimum absolute atomic E-state index is 0.0448. The molecule has 0 aromatic heterocycles. The summed E-state index contributed by atoms with van der Waals surface area (Å²) >= 11 is 0. The zero-order valence-corrected chi connectivity index (χ0v) is 17.4. The topological polar surface area (TPSA) is 105 Å². The van der Waals surface area contributed by atoms with Crippen LogP contribution in [0.2, 0.25) is 0 Å². The summed E-state index contributed by atoms with van der Waals surface area (Å²) in [7, 11) is 0. The quantitative estimate of drug-likeness (QED) is 0.463. The largest absolute Gasteiger partial charge is 0.445 e. The highest BCUT2D eigenvalue weighted by molar-refractivity contribution is 5.92. The lowest BCUT2D eigenvalue weighted by molar-refractivity contribution is -0.123. The van der Waals surface area contributed by atoms with Crippen molar-refractivity contribution >= 4 is 23.5 Å². The van der Waals surface area contributed by atoms with Crippen molar-refractivity contribution in [2.24, 2.45) is 11.8 Å². The van der Waals surface area contributed by atoms with Crippen molar-refractivity contribution in [3.05, 3.63) is 42.5 Å². The van der Waals surface area contributed by atoms with Gasteiger partial charge in [0.25, 0.3) is 0 Å². The zero-order valence-electron chi connectivity index (χ0n) is 17.4. The average molecular weight is 405 g/mol. The monoisotopic (exact) mass is 404 g/mol. The summed E-state index contributed by atoms with van der Waals surface area (Å²) in [6.45, 7) is 9.03. The van der Waals surface area contributed by atoms with Gasteiger partial charge in [-0.15, -0.1) is 0 Å². The van der Waals surface area contributed by atoms with Gasteiger partial charge in [0.15, 0.2) is 5.78 Å². The van der Waals surface area contributed by atoms with Crippen molar-refractivity contribution in [3.63, 3.8) is 0 Å². The third-order valence-corrected chi connectivity index (χ3v) is 4.53. The Morgan fingerprint density at radius 1 is 1.17 bits per heavy atom. The summed E-state index contributed by atoms with van der Waals surface area (Å²) in [6, 6.07) is 6.35. The van der Waals surface area contributed by atoms with Gasteiger partial charge in [0.05, 0.1) is 12.6 Å². The number of aliphatic hydroxyl groups is 1. The van der Waals surface area contributed by atoms with E-state index in [2.05, 4.69) is 17.2 Å². The second kappa shape index (κ2) is 12.7. The molecule has 1 aromatic carbocycles. The van der Waals surface area contributed by atoms with Crippen LogP contribution in [0.3, 0.4) is 0 Å². The highest BCUT2D eigenvalue weighted by atomic mass is 16.5. The van der Waals surface area contributed by atoms with Crippen LogP contribution in [0.15, 0.2) is 36.9 Å². The van der Waals surface area contributed by atoms with E-state index in [1.165, 1.54) is 6.08 Å². The summed E-state index contributed by atoms with van der Waals surface area (Å²) in [4.78, 5) is 36.5. The number of ketones is 1. The molecule has 0 bridgehead atoms. The minimum atomic E-state index is -0.642. The third kappa shape index (κ3) is 8.91. The first-order valence-electron chi connectivity index (χ1n) is 9.86. The summed E-state index contributed by atoms with van der Waals surface area (Å²) in [6.07, 6.45) is 2.19. The third-order valence-electron chi connectivity index (χ3n) is 4.53. The lowest BCUT2D eigenvalue weighted by Crippen LogP contribution is -2.44. The molecule has 0 aliphatic heterocycles. The molecule has 0 aliphatic rings. The number of amides is 2. The second-order valence-corrected chi connectivity index (χ2v) is 7.36. The first-order valence-corrected chi connectivity index (χ1v) is 9.86. The number of carbonyl (C=O) groups excluding carboxylic acids is 3. The van der Waals surface area contributed by atoms with Gasteiger partial charge in [-0.25, -0.2) is 4.79 Å². The van der Waals surface area contributed by atoms with Crippen molar-refractivity contribution in [1.29, 1.82) is 0 Å². The van der Waals surface area contributed by atoms with Gasteiger partial charge in [-0.3, -0.25) is 9.59 Å². The fourth-order valence-electron chi connectivity index (χ4n) is 2.75. The maximum absolute atomic E-state index is 12.5. The highest BCUT2D eigenvalue weighted by Gasteiger charge is 2.24. The summed E-state index contributed by atoms with van der Waals surface area (Å²) in [5, 5.41) is 14.5. The van der Waals surface area contributed by atoms with Gasteiger partial charge < -0.3 is 20.5 Å². The molecule has 0 heterocycles. The normalized spacial score (nSPS) is 12.7. The van der Waals surface area contributed by atoms with Crippen LogP contribution < -0.4 is 10.6 Å². The Balaban J connectivity index is 2.45. The molecule has 29 heavy (non-hydrogen) atoms. The predicted molar refractivity (Wildman–Crippen MR) is 112 cm³/mol. The number of alkyl carbamates (subject to hydrolysis) is 1. The van der Waals surface area contributed by atoms with Gasteiger partial charge in [0.2, 0.25) is 5.91 Å². The molecule has 7 nitrogen and oxygen atoms in total. The summed E-state index contributed by atoms with van der Waals surface area (Å²) in [5.41, 5.74) is 1.44. The molecule has 0 aliphatic carbocycles. The number of benzene rings is 1. The lowest BCUT2D eigenvalue weighted by atomic mass is 9.94. The minimum Gasteiger partial charge on any atom is -0.445 e. The molecule has 7 heteroatoms. The van der Waals surface area contributed by atoms with E-state index in [1.54, 1.807) is 24.3 Å². The van der Waals surface area contributed by atoms with Gasteiger partial charge in [0.1, 0.15) is 6.61 Å². The average Bonchev–Trinajstić information content (AvgIpc) is 2.70. The van der Waals surface area contributed by atoms with E-state index in [4.69, 9.17) is 9.84 Å². The van der Waals surface area contributed by atoms with Crippen molar-refractivity contribution in [3.8, 4) is 0 Å². The molecule has 3 N–H and O–H groups in total. The van der Waals surface area contributed by atoms with Gasteiger partial charge in [0, 0.05) is 18.0 Å². The van der Waals surface area contributed by atoms with Crippen LogP contribution in [0.1, 0.15) is 45.6 Å². The Kier molecular flexibility index (Phi) is 10.7. The van der Waals surface area contributed by atoms with Crippen molar-refractivity contribution in [2.75, 3.05) is 11.9 Å². The van der Waals surface area contributed by atoms with E-state index in [0.29, 0.717) is 18.5 Å². The van der Waals surface area contributed by atoms with E-state index in [-0.39, 0.29) is 43.2 Å². The molecule has 0 spiro atoms. The van der Waals surface area contributed by atoms with E-state index in [1.807, 2.05) is 20.8 Å². The van der Waals surface area contributed by atoms with Gasteiger partial charge >= 0.3 is 6.09 Å². The second-order valence-electron chi connectivity index (χ2n) is 7.36. The standard InChI is InChI=1S/C22H32N2O5/c1-5-13-29-22(28)24-20(15(2)3)19(26)8-6-7-16(4)21(27)23-18-11-9-17(14-25)10-12-18/h5,9-12,15-16,20,25H,1,6-8,13-14H2,2-4H3,(H,23,27)(H,24,28). The maximum Gasteiger partial charge on any atom is 0.408 e. The number of Topliss-reactive ketones (excluding diaryl/α,β-unsaturated/α-hetero) is 1. The molecule has 1 rings (SSSR count). The number of aliphatic hydroxyl groups excluding tert-OH is 1. The Bertz CT molecular complexity index is 685. The van der Waals surface area contributed by atoms with Gasteiger partial charge in [-0.1, -0.05) is 45.6 Å². The summed E-state index contributed by atoms with van der Waals surface area (Å²) in [5.74, 6) is -0.534. The lowest BCUT2D eigenvalue weighted by Gasteiger charge is -2.21. The first-order chi connectivity index (χ1) is 13.8. The molecule has 0 fully saturated rings. The van der Waals surface area contributed by atoms with Crippen LogP contribution in [0, 0.1) is 11.8 Å². The fourth-order valence-corrected chi connectivity index (χ4v) is 2.75. The Hall–Kier alpha value is -2.67. The number of rotatable bonds is 12. The fraction of sp³-hybridized carbons (Fsp3) is 0.500. The molecule has 0 radical (unpaired) electrons. The van der Waals surface area contributed by atoms with Gasteiger partial charge in [-0.05, 0) is 36.5 Å². The van der Waals surface area contributed by atoms with E-state index >= 15 is 0 Å². The molecule has 1 aromatic rings. The number of nitrogens with one attached hydrogen (secondary N) is 2. The SMILES string of the molecule is C=CCOC(=O)NC(C(=O)CCCC(C)C(=O)Nc1ccc(CO)cc1)C(C)C. The number of carbonyl (C=O) groups is 3. The molecule has 2 unspecified atom stereocenters. The molecule has 2 amide bonds. The number of anilines is 1. The first kappa shape index (κ1) is 24.4. The van der Waals surface area contributed by atoms with Crippen LogP contribution in [0.5, 0.6) is 0 Å². The van der Waals surface area contributed by atoms with Crippen LogP contribution in [-0.4, -0.2) is 35.5 Å². The maximum atomic E-state index is 12.5. The van der Waals surface area contributed by atoms with Crippen molar-refractivity contribution < 1.29 is 24.2 Å². The van der Waals surface area contributed by atoms with Crippen molar-refractivity contribution in [2.45, 2.75) is 52.7 Å². The van der Waals surface area contributed by atoms with E-state index < -0.39 is 12.1 Å². The van der Waals surface area contributed by atoms with Crippen molar-refractivity contribution in [1.82, 2.24) is 5.32 Å². The van der Waals surface area contributed by atoms with Gasteiger partial charge in [-0.2, -0.15) is 0 Å². The highest BCUT2D eigenvalue weighted by Crippen LogP contribution is 2.15. The molecule has 160 valence electrons. The number of hydrogen-bond donors (Lipinski definition) is 3. The van der Waals surface area contributed by atoms with E-state index in [0.717, 1.165) is 5.56 Å². The van der Waals surface area contributed by atoms with E-state index in [9.17, 15) is 14.4 Å². The molecule has 0 saturated heterocycles. The predicted octanol–water partition coefficient (Wildman–Crippen LogP) is 3.43. The van der Waals surface area contributed by atoms with Crippen LogP contribution in [0.4, 0.5) is 10.5 Å². The molecule has 2 atom stereocenters. The number of ether oxygens (including phenoxy) is 1. The molecule has 0 saturated carbocycles. The Morgan fingerprint density at radius 2 is 1.83 bits per heavy atom. The zero-order chi connectivity index (χ0) is 21.8. The molecular weight excluding hydrogens is 372 g/mol. The smallest absolute Gasteiger partial charge is 0.408 e.